The van der Waals surface area contributed by atoms with E-state index in [1.54, 1.807) is 18.9 Å². The van der Waals surface area contributed by atoms with Crippen molar-refractivity contribution in [2.75, 3.05) is 50.6 Å². The standard InChI is InChI=1S/C11H24N4O3S2.HI/c1-10(9-18-2)14-11(12)13-3-8-20(16,17)15-4-6-19-7-5-15;/h10H,3-9H2,1-2H3,(H3,12,13,14);1H. The molecule has 1 rings (SSSR count). The Labute approximate surface area is 148 Å². The van der Waals surface area contributed by atoms with Crippen LogP contribution in [0.4, 0.5) is 0 Å². The van der Waals surface area contributed by atoms with Crippen LogP contribution in [0.15, 0.2) is 4.99 Å². The summed E-state index contributed by atoms with van der Waals surface area (Å²) in [6.07, 6.45) is 0. The maximum atomic E-state index is 12.1. The number of thioether (sulfide) groups is 1. The smallest absolute Gasteiger partial charge is 0.215 e. The van der Waals surface area contributed by atoms with Crippen LogP contribution in [0.5, 0.6) is 0 Å². The van der Waals surface area contributed by atoms with Crippen molar-refractivity contribution in [3.63, 3.8) is 0 Å². The van der Waals surface area contributed by atoms with Gasteiger partial charge in [-0.15, -0.1) is 24.0 Å². The second-order valence-corrected chi connectivity index (χ2v) is 7.91. The molecule has 0 amide bonds. The lowest BCUT2D eigenvalue weighted by Crippen LogP contribution is -2.42. The van der Waals surface area contributed by atoms with Crippen LogP contribution in [0.3, 0.4) is 0 Å². The lowest BCUT2D eigenvalue weighted by molar-refractivity contribution is 0.179. The highest BCUT2D eigenvalue weighted by Crippen LogP contribution is 2.13. The van der Waals surface area contributed by atoms with Crippen LogP contribution in [0.25, 0.3) is 0 Å². The summed E-state index contributed by atoms with van der Waals surface area (Å²) >= 11 is 1.78. The molecule has 0 saturated carbocycles. The Bertz CT molecular complexity index is 414. The molecule has 0 radical (unpaired) electrons. The largest absolute Gasteiger partial charge is 0.383 e. The van der Waals surface area contributed by atoms with Crippen LogP contribution < -0.4 is 11.1 Å². The monoisotopic (exact) mass is 452 g/mol. The van der Waals surface area contributed by atoms with Gasteiger partial charge >= 0.3 is 0 Å². The molecule has 1 heterocycles. The third-order valence-electron chi connectivity index (χ3n) is 2.81. The number of halogens is 1. The van der Waals surface area contributed by atoms with E-state index in [0.29, 0.717) is 19.7 Å². The van der Waals surface area contributed by atoms with Gasteiger partial charge in [0.05, 0.1) is 18.9 Å². The zero-order valence-corrected chi connectivity index (χ0v) is 16.4. The molecule has 10 heteroatoms. The molecule has 1 fully saturated rings. The molecule has 1 saturated heterocycles. The van der Waals surface area contributed by atoms with E-state index in [0.717, 1.165) is 11.5 Å². The van der Waals surface area contributed by atoms with Crippen molar-refractivity contribution >= 4 is 51.7 Å². The number of guanidine groups is 1. The average Bonchev–Trinajstić information content (AvgIpc) is 2.39. The summed E-state index contributed by atoms with van der Waals surface area (Å²) in [5.74, 6) is 1.97. The van der Waals surface area contributed by atoms with Crippen LogP contribution in [0.1, 0.15) is 6.92 Å². The van der Waals surface area contributed by atoms with E-state index in [2.05, 4.69) is 10.3 Å². The minimum Gasteiger partial charge on any atom is -0.383 e. The van der Waals surface area contributed by atoms with Crippen molar-refractivity contribution in [2.24, 2.45) is 10.7 Å². The number of nitrogens with two attached hydrogens (primary N) is 1. The summed E-state index contributed by atoms with van der Waals surface area (Å²) in [6, 6.07) is 0.0412. The lowest BCUT2D eigenvalue weighted by Gasteiger charge is -2.25. The van der Waals surface area contributed by atoms with Crippen molar-refractivity contribution in [1.82, 2.24) is 9.62 Å². The quantitative estimate of drug-likeness (QED) is 0.319. The van der Waals surface area contributed by atoms with Gasteiger partial charge in [-0.2, -0.15) is 11.8 Å². The number of nitrogens with one attached hydrogen (secondary N) is 1. The van der Waals surface area contributed by atoms with E-state index in [9.17, 15) is 8.42 Å². The van der Waals surface area contributed by atoms with Crippen molar-refractivity contribution in [2.45, 2.75) is 13.0 Å². The maximum absolute atomic E-state index is 12.1. The van der Waals surface area contributed by atoms with Gasteiger partial charge < -0.3 is 15.8 Å². The van der Waals surface area contributed by atoms with Gasteiger partial charge in [0.2, 0.25) is 10.0 Å². The Kier molecular flexibility index (Phi) is 11.0. The van der Waals surface area contributed by atoms with Crippen LogP contribution in [-0.4, -0.2) is 75.3 Å². The van der Waals surface area contributed by atoms with Gasteiger partial charge in [0.1, 0.15) is 0 Å². The van der Waals surface area contributed by atoms with E-state index in [-0.39, 0.29) is 48.3 Å². The number of sulfonamides is 1. The molecule has 1 aliphatic heterocycles. The van der Waals surface area contributed by atoms with E-state index in [4.69, 9.17) is 10.5 Å². The molecule has 0 aliphatic carbocycles. The molecule has 0 bridgehead atoms. The lowest BCUT2D eigenvalue weighted by atomic mass is 10.4. The van der Waals surface area contributed by atoms with Gasteiger partial charge in [-0.25, -0.2) is 12.7 Å². The Hall–Kier alpha value is 0.220. The molecule has 0 aromatic carbocycles. The molecule has 1 unspecified atom stereocenters. The number of hydrogen-bond acceptors (Lipinski definition) is 5. The van der Waals surface area contributed by atoms with Gasteiger partial charge in [-0.05, 0) is 6.92 Å². The van der Waals surface area contributed by atoms with Crippen LogP contribution in [0, 0.1) is 0 Å². The average molecular weight is 452 g/mol. The number of aliphatic imine (C=N–C) groups is 1. The van der Waals surface area contributed by atoms with E-state index >= 15 is 0 Å². The molecule has 126 valence electrons. The van der Waals surface area contributed by atoms with Crippen molar-refractivity contribution in [3.05, 3.63) is 0 Å². The summed E-state index contributed by atoms with van der Waals surface area (Å²) in [4.78, 5) is 4.04. The van der Waals surface area contributed by atoms with Gasteiger partial charge in [-0.1, -0.05) is 0 Å². The SMILES string of the molecule is COCC(C)NC(N)=NCCS(=O)(=O)N1CCSCC1.I. The Morgan fingerprint density at radius 1 is 1.48 bits per heavy atom. The van der Waals surface area contributed by atoms with Crippen molar-refractivity contribution in [3.8, 4) is 0 Å². The fourth-order valence-corrected chi connectivity index (χ4v) is 4.28. The number of methoxy groups -OCH3 is 1. The molecule has 0 spiro atoms. The molecule has 1 aliphatic rings. The first-order valence-corrected chi connectivity index (χ1v) is 9.33. The molecular weight excluding hydrogens is 427 g/mol. The van der Waals surface area contributed by atoms with Crippen LogP contribution in [-0.2, 0) is 14.8 Å². The molecule has 1 atom stereocenters. The summed E-state index contributed by atoms with van der Waals surface area (Å²) in [7, 11) is -1.61. The number of ether oxygens (including phenoxy) is 1. The Balaban J connectivity index is 0.00000400. The summed E-state index contributed by atoms with van der Waals surface area (Å²) < 4.78 is 30.6. The first kappa shape index (κ1) is 21.2. The fourth-order valence-electron chi connectivity index (χ4n) is 1.83. The molecule has 21 heavy (non-hydrogen) atoms. The first-order valence-electron chi connectivity index (χ1n) is 6.56. The van der Waals surface area contributed by atoms with Gasteiger partial charge in [0, 0.05) is 37.7 Å². The third-order valence-corrected chi connectivity index (χ3v) is 5.60. The first-order chi connectivity index (χ1) is 9.45. The predicted octanol–water partition coefficient (Wildman–Crippen LogP) is -0.0778. The maximum Gasteiger partial charge on any atom is 0.215 e. The van der Waals surface area contributed by atoms with Gasteiger partial charge in [0.15, 0.2) is 5.96 Å². The topological polar surface area (TPSA) is 97.0 Å². The molecular formula is C11H25IN4O3S2. The minimum atomic E-state index is -3.21. The highest BCUT2D eigenvalue weighted by atomic mass is 127. The van der Waals surface area contributed by atoms with Crippen molar-refractivity contribution < 1.29 is 13.2 Å². The number of hydrogen-bond donors (Lipinski definition) is 2. The Morgan fingerprint density at radius 3 is 2.67 bits per heavy atom. The van der Waals surface area contributed by atoms with E-state index in [1.807, 2.05) is 6.92 Å². The number of rotatable bonds is 7. The minimum absolute atomic E-state index is 0. The second kappa shape index (κ2) is 10.9. The molecule has 3 N–H and O–H groups in total. The third kappa shape index (κ3) is 8.43. The highest BCUT2D eigenvalue weighted by Gasteiger charge is 2.23. The van der Waals surface area contributed by atoms with Crippen LogP contribution in [0.2, 0.25) is 0 Å². The molecule has 0 aromatic heterocycles. The molecule has 7 nitrogen and oxygen atoms in total. The van der Waals surface area contributed by atoms with Crippen LogP contribution >= 0.6 is 35.7 Å². The summed E-state index contributed by atoms with van der Waals surface area (Å²) in [5.41, 5.74) is 5.68. The predicted molar refractivity (Wildman–Crippen MR) is 99.1 cm³/mol. The zero-order valence-electron chi connectivity index (χ0n) is 12.4. The highest BCUT2D eigenvalue weighted by molar-refractivity contribution is 14.0. The second-order valence-electron chi connectivity index (χ2n) is 4.60. The zero-order chi connectivity index (χ0) is 15.0. The van der Waals surface area contributed by atoms with Gasteiger partial charge in [-0.3, -0.25) is 4.99 Å². The Morgan fingerprint density at radius 2 is 2.10 bits per heavy atom. The van der Waals surface area contributed by atoms with E-state index < -0.39 is 10.0 Å². The fraction of sp³-hybridized carbons (Fsp3) is 0.909. The summed E-state index contributed by atoms with van der Waals surface area (Å²) in [5, 5.41) is 2.94. The van der Waals surface area contributed by atoms with Crippen molar-refractivity contribution in [1.29, 1.82) is 0 Å². The summed E-state index contributed by atoms with van der Waals surface area (Å²) in [6.45, 7) is 3.78. The normalized spacial score (nSPS) is 18.9. The molecule has 0 aromatic rings. The van der Waals surface area contributed by atoms with Gasteiger partial charge in [0.25, 0.3) is 0 Å². The number of nitrogens with zero attached hydrogens (tertiary/aromatic N) is 2. The van der Waals surface area contributed by atoms with E-state index in [1.165, 1.54) is 4.31 Å².